The van der Waals surface area contributed by atoms with Crippen LogP contribution >= 0.6 is 0 Å². The highest BCUT2D eigenvalue weighted by atomic mass is 16.7. The lowest BCUT2D eigenvalue weighted by Gasteiger charge is -2.24. The summed E-state index contributed by atoms with van der Waals surface area (Å²) in [6.45, 7) is 8.17. The Hall–Kier alpha value is -3.69. The van der Waals surface area contributed by atoms with Gasteiger partial charge in [0, 0.05) is 12.3 Å². The number of nitrogens with one attached hydrogen (secondary N) is 1. The van der Waals surface area contributed by atoms with E-state index < -0.39 is 35.0 Å². The largest absolute Gasteiger partial charge is 0.444 e. The first-order valence-electron chi connectivity index (χ1n) is 9.16. The van der Waals surface area contributed by atoms with Crippen LogP contribution in [0, 0.1) is 0 Å². The summed E-state index contributed by atoms with van der Waals surface area (Å²) in [5.41, 5.74) is -1.74. The normalized spacial score (nSPS) is 13.8. The standard InChI is InChI=1S/C20H22N4O6/c1-19(2,3)29-18(28)21-14-10-11-23(22-14)20(4,5)17(27)30-24-15(25)12-8-6-7-9-13(12)16(24)26/h6-11H,1-5H3,(H,21,22,28). The van der Waals surface area contributed by atoms with Gasteiger partial charge in [-0.2, -0.15) is 5.10 Å². The predicted octanol–water partition coefficient (Wildman–Crippen LogP) is 2.72. The van der Waals surface area contributed by atoms with Crippen molar-refractivity contribution in [1.82, 2.24) is 14.8 Å². The topological polar surface area (TPSA) is 120 Å². The van der Waals surface area contributed by atoms with E-state index in [-0.39, 0.29) is 16.9 Å². The quantitative estimate of drug-likeness (QED) is 0.764. The number of imide groups is 1. The van der Waals surface area contributed by atoms with E-state index >= 15 is 0 Å². The second kappa shape index (κ2) is 7.29. The lowest BCUT2D eigenvalue weighted by atomic mass is 10.1. The van der Waals surface area contributed by atoms with E-state index in [0.717, 1.165) is 0 Å². The number of ether oxygens (including phenoxy) is 1. The third-order valence-electron chi connectivity index (χ3n) is 4.22. The van der Waals surface area contributed by atoms with Crippen molar-refractivity contribution in [2.75, 3.05) is 5.32 Å². The van der Waals surface area contributed by atoms with Crippen LogP contribution in [0.3, 0.4) is 0 Å². The van der Waals surface area contributed by atoms with Gasteiger partial charge in [0.1, 0.15) is 5.60 Å². The van der Waals surface area contributed by atoms with Gasteiger partial charge in [0.2, 0.25) is 0 Å². The van der Waals surface area contributed by atoms with Crippen molar-refractivity contribution in [3.8, 4) is 0 Å². The van der Waals surface area contributed by atoms with Crippen molar-refractivity contribution in [3.63, 3.8) is 0 Å². The Bertz CT molecular complexity index is 999. The Morgan fingerprint density at radius 2 is 1.53 bits per heavy atom. The SMILES string of the molecule is CC(C)(C)OC(=O)Nc1ccn(C(C)(C)C(=O)ON2C(=O)c3ccccc3C2=O)n1. The Kier molecular flexibility index (Phi) is 5.11. The minimum Gasteiger partial charge on any atom is -0.444 e. The fourth-order valence-electron chi connectivity index (χ4n) is 2.65. The molecular formula is C20H22N4O6. The average Bonchev–Trinajstić information content (AvgIpc) is 3.20. The summed E-state index contributed by atoms with van der Waals surface area (Å²) in [6, 6.07) is 7.67. The van der Waals surface area contributed by atoms with Crippen LogP contribution in [-0.4, -0.2) is 44.3 Å². The van der Waals surface area contributed by atoms with Crippen molar-refractivity contribution in [3.05, 3.63) is 47.7 Å². The molecule has 1 aliphatic rings. The smallest absolute Gasteiger partial charge is 0.413 e. The molecule has 0 atom stereocenters. The number of hydroxylamine groups is 2. The number of aromatic nitrogens is 2. The van der Waals surface area contributed by atoms with Crippen LogP contribution in [0.5, 0.6) is 0 Å². The number of amides is 3. The van der Waals surface area contributed by atoms with Gasteiger partial charge < -0.3 is 9.57 Å². The second-order valence-electron chi connectivity index (χ2n) is 8.16. The molecule has 3 rings (SSSR count). The molecule has 30 heavy (non-hydrogen) atoms. The Labute approximate surface area is 172 Å². The number of rotatable bonds is 4. The fraction of sp³-hybridized carbons (Fsp3) is 0.350. The first-order chi connectivity index (χ1) is 13.9. The van der Waals surface area contributed by atoms with Crippen molar-refractivity contribution in [2.45, 2.75) is 45.8 Å². The summed E-state index contributed by atoms with van der Waals surface area (Å²) in [7, 11) is 0. The Morgan fingerprint density at radius 3 is 2.07 bits per heavy atom. The number of nitrogens with zero attached hydrogens (tertiary/aromatic N) is 3. The van der Waals surface area contributed by atoms with Crippen LogP contribution in [-0.2, 0) is 19.9 Å². The highest BCUT2D eigenvalue weighted by molar-refractivity contribution is 6.20. The van der Waals surface area contributed by atoms with Crippen LogP contribution in [0.1, 0.15) is 55.3 Å². The van der Waals surface area contributed by atoms with Gasteiger partial charge >= 0.3 is 12.1 Å². The number of benzene rings is 1. The van der Waals surface area contributed by atoms with Crippen LogP contribution < -0.4 is 5.32 Å². The number of hydrogen-bond donors (Lipinski definition) is 1. The van der Waals surface area contributed by atoms with Crippen LogP contribution in [0.15, 0.2) is 36.5 Å². The predicted molar refractivity (Wildman–Crippen MR) is 104 cm³/mol. The third-order valence-corrected chi connectivity index (χ3v) is 4.22. The van der Waals surface area contributed by atoms with Gasteiger partial charge in [-0.1, -0.05) is 17.2 Å². The first kappa shape index (κ1) is 21.0. The van der Waals surface area contributed by atoms with Gasteiger partial charge in [-0.15, -0.1) is 0 Å². The first-order valence-corrected chi connectivity index (χ1v) is 9.16. The maximum absolute atomic E-state index is 12.7. The number of hydrogen-bond acceptors (Lipinski definition) is 7. The molecule has 0 fully saturated rings. The van der Waals surface area contributed by atoms with E-state index in [1.807, 2.05) is 0 Å². The van der Waals surface area contributed by atoms with Gasteiger partial charge in [-0.3, -0.25) is 19.6 Å². The summed E-state index contributed by atoms with van der Waals surface area (Å²) < 4.78 is 6.40. The molecule has 10 heteroatoms. The zero-order valence-corrected chi connectivity index (χ0v) is 17.3. The second-order valence-corrected chi connectivity index (χ2v) is 8.16. The number of fused-ring (bicyclic) bond motifs is 1. The maximum atomic E-state index is 12.7. The van der Waals surface area contributed by atoms with E-state index in [1.54, 1.807) is 32.9 Å². The monoisotopic (exact) mass is 414 g/mol. The van der Waals surface area contributed by atoms with Gasteiger partial charge in [0.15, 0.2) is 11.4 Å². The molecule has 2 aromatic rings. The molecule has 0 spiro atoms. The molecule has 0 aliphatic carbocycles. The van der Waals surface area contributed by atoms with Crippen LogP contribution in [0.25, 0.3) is 0 Å². The molecule has 2 heterocycles. The number of carbonyl (C=O) groups is 4. The van der Waals surface area contributed by atoms with Gasteiger partial charge in [0.05, 0.1) is 11.1 Å². The minimum absolute atomic E-state index is 0.158. The average molecular weight is 414 g/mol. The lowest BCUT2D eigenvalue weighted by molar-refractivity contribution is -0.178. The Balaban J connectivity index is 1.71. The molecule has 0 bridgehead atoms. The molecule has 1 aromatic heterocycles. The van der Waals surface area contributed by atoms with Gasteiger partial charge in [0.25, 0.3) is 11.8 Å². The van der Waals surface area contributed by atoms with E-state index in [1.165, 1.54) is 42.9 Å². The van der Waals surface area contributed by atoms with E-state index in [4.69, 9.17) is 9.57 Å². The molecule has 0 unspecified atom stereocenters. The van der Waals surface area contributed by atoms with Gasteiger partial charge in [-0.25, -0.2) is 9.59 Å². The van der Waals surface area contributed by atoms with E-state index in [2.05, 4.69) is 10.4 Å². The fourth-order valence-corrected chi connectivity index (χ4v) is 2.65. The van der Waals surface area contributed by atoms with Crippen molar-refractivity contribution >= 4 is 29.7 Å². The third kappa shape index (κ3) is 4.02. The molecule has 0 radical (unpaired) electrons. The molecule has 0 saturated carbocycles. The lowest BCUT2D eigenvalue weighted by Crippen LogP contribution is -2.43. The molecule has 1 aromatic carbocycles. The summed E-state index contributed by atoms with van der Waals surface area (Å²) in [5, 5.41) is 7.05. The summed E-state index contributed by atoms with van der Waals surface area (Å²) >= 11 is 0. The molecule has 1 N–H and O–H groups in total. The van der Waals surface area contributed by atoms with E-state index in [0.29, 0.717) is 5.06 Å². The molecule has 158 valence electrons. The molecule has 10 nitrogen and oxygen atoms in total. The molecule has 1 aliphatic heterocycles. The van der Waals surface area contributed by atoms with Gasteiger partial charge in [-0.05, 0) is 46.8 Å². The minimum atomic E-state index is -1.39. The maximum Gasteiger partial charge on any atom is 0.413 e. The summed E-state index contributed by atoms with van der Waals surface area (Å²) in [4.78, 5) is 54.5. The van der Waals surface area contributed by atoms with Crippen LogP contribution in [0.2, 0.25) is 0 Å². The molecular weight excluding hydrogens is 392 g/mol. The van der Waals surface area contributed by atoms with Crippen molar-refractivity contribution < 1.29 is 28.8 Å². The highest BCUT2D eigenvalue weighted by Crippen LogP contribution is 2.25. The zero-order valence-electron chi connectivity index (χ0n) is 17.3. The highest BCUT2D eigenvalue weighted by Gasteiger charge is 2.42. The summed E-state index contributed by atoms with van der Waals surface area (Å²) in [5.74, 6) is -2.16. The summed E-state index contributed by atoms with van der Waals surface area (Å²) in [6.07, 6.45) is 0.759. The van der Waals surface area contributed by atoms with Crippen molar-refractivity contribution in [2.24, 2.45) is 0 Å². The number of anilines is 1. The van der Waals surface area contributed by atoms with E-state index in [9.17, 15) is 19.2 Å². The molecule has 0 saturated heterocycles. The van der Waals surface area contributed by atoms with Crippen molar-refractivity contribution in [1.29, 1.82) is 0 Å². The van der Waals surface area contributed by atoms with Crippen LogP contribution in [0.4, 0.5) is 10.6 Å². The number of carbonyl (C=O) groups excluding carboxylic acids is 4. The molecule has 3 amide bonds. The zero-order chi connectivity index (χ0) is 22.3. The Morgan fingerprint density at radius 1 is 0.967 bits per heavy atom.